The number of nitrogens with one attached hydrogen (secondary N) is 2. The fourth-order valence-electron chi connectivity index (χ4n) is 3.25. The SMILES string of the molecule is CC.CC.CN(CC1=CNC(Cl)C=C1)C(=O)c1ccc(CCNCC(O)c2ccc(F)cc2)cc1. The van der Waals surface area contributed by atoms with Crippen LogP contribution < -0.4 is 10.6 Å². The van der Waals surface area contributed by atoms with Crippen molar-refractivity contribution < 1.29 is 14.3 Å². The summed E-state index contributed by atoms with van der Waals surface area (Å²) in [6.07, 6.45) is 5.67. The number of rotatable bonds is 9. The van der Waals surface area contributed by atoms with E-state index in [4.69, 9.17) is 11.6 Å². The van der Waals surface area contributed by atoms with Gasteiger partial charge < -0.3 is 20.6 Å². The van der Waals surface area contributed by atoms with Crippen LogP contribution in [0.3, 0.4) is 0 Å². The highest BCUT2D eigenvalue weighted by Gasteiger charge is 2.14. The molecule has 0 saturated carbocycles. The number of hydrogen-bond donors (Lipinski definition) is 3. The second-order valence-electron chi connectivity index (χ2n) is 7.53. The van der Waals surface area contributed by atoms with Crippen LogP contribution in [-0.2, 0) is 6.42 Å². The van der Waals surface area contributed by atoms with Crippen LogP contribution in [0.15, 0.2) is 72.5 Å². The Kier molecular flexibility index (Phi) is 14.6. The van der Waals surface area contributed by atoms with Crippen molar-refractivity contribution in [2.24, 2.45) is 0 Å². The third-order valence-electron chi connectivity index (χ3n) is 5.06. The number of aliphatic hydroxyl groups excluding tert-OH is 1. The van der Waals surface area contributed by atoms with E-state index in [0.717, 1.165) is 17.6 Å². The zero-order valence-electron chi connectivity index (χ0n) is 21.4. The van der Waals surface area contributed by atoms with Gasteiger partial charge in [0.1, 0.15) is 11.3 Å². The van der Waals surface area contributed by atoms with Gasteiger partial charge in [-0.05, 0) is 60.0 Å². The highest BCUT2D eigenvalue weighted by Crippen LogP contribution is 2.13. The number of amides is 1. The lowest BCUT2D eigenvalue weighted by atomic mass is 10.1. The number of halogens is 2. The predicted molar refractivity (Wildman–Crippen MR) is 144 cm³/mol. The highest BCUT2D eigenvalue weighted by molar-refractivity contribution is 6.21. The number of carbonyl (C=O) groups is 1. The molecule has 1 aliphatic heterocycles. The maximum atomic E-state index is 13.0. The van der Waals surface area contributed by atoms with E-state index < -0.39 is 6.10 Å². The summed E-state index contributed by atoms with van der Waals surface area (Å²) in [5.74, 6) is -0.365. The van der Waals surface area contributed by atoms with E-state index in [-0.39, 0.29) is 17.2 Å². The minimum atomic E-state index is -0.684. The molecule has 0 bridgehead atoms. The molecule has 2 unspecified atom stereocenters. The van der Waals surface area contributed by atoms with Gasteiger partial charge in [0.15, 0.2) is 0 Å². The Balaban J connectivity index is 0.00000145. The van der Waals surface area contributed by atoms with Gasteiger partial charge in [-0.2, -0.15) is 0 Å². The highest BCUT2D eigenvalue weighted by atomic mass is 35.5. The molecule has 0 radical (unpaired) electrons. The Morgan fingerprint density at radius 1 is 1.11 bits per heavy atom. The third-order valence-corrected chi connectivity index (χ3v) is 5.33. The van der Waals surface area contributed by atoms with Crippen molar-refractivity contribution >= 4 is 17.5 Å². The smallest absolute Gasteiger partial charge is 0.253 e. The molecule has 0 spiro atoms. The van der Waals surface area contributed by atoms with E-state index in [1.54, 1.807) is 24.1 Å². The fraction of sp³-hybridized carbons (Fsp3) is 0.393. The van der Waals surface area contributed by atoms with Crippen molar-refractivity contribution in [3.63, 3.8) is 0 Å². The van der Waals surface area contributed by atoms with Crippen molar-refractivity contribution in [2.45, 2.75) is 45.7 Å². The number of carbonyl (C=O) groups excluding carboxylic acids is 1. The van der Waals surface area contributed by atoms with E-state index in [2.05, 4.69) is 10.6 Å². The molecule has 1 amide bonds. The summed E-state index contributed by atoms with van der Waals surface area (Å²) in [4.78, 5) is 14.3. The third kappa shape index (κ3) is 10.6. The zero-order chi connectivity index (χ0) is 26.2. The summed E-state index contributed by atoms with van der Waals surface area (Å²) in [5.41, 5.74) is 3.18. The van der Waals surface area contributed by atoms with Gasteiger partial charge in [-0.1, -0.05) is 69.6 Å². The van der Waals surface area contributed by atoms with E-state index in [0.29, 0.717) is 30.8 Å². The largest absolute Gasteiger partial charge is 0.387 e. The van der Waals surface area contributed by atoms with E-state index >= 15 is 0 Å². The molecule has 35 heavy (non-hydrogen) atoms. The zero-order valence-corrected chi connectivity index (χ0v) is 22.1. The van der Waals surface area contributed by atoms with E-state index in [9.17, 15) is 14.3 Å². The number of aliphatic hydroxyl groups is 1. The van der Waals surface area contributed by atoms with Crippen LogP contribution in [0.25, 0.3) is 0 Å². The summed E-state index contributed by atoms with van der Waals surface area (Å²) in [6, 6.07) is 13.4. The molecule has 0 saturated heterocycles. The van der Waals surface area contributed by atoms with Crippen molar-refractivity contribution in [3.8, 4) is 0 Å². The van der Waals surface area contributed by atoms with Crippen LogP contribution in [0, 0.1) is 5.82 Å². The second kappa shape index (κ2) is 16.9. The molecule has 3 rings (SSSR count). The monoisotopic (exact) mass is 503 g/mol. The lowest BCUT2D eigenvalue weighted by Gasteiger charge is -2.20. The first kappa shape index (κ1) is 30.4. The minimum Gasteiger partial charge on any atom is -0.387 e. The van der Waals surface area contributed by atoms with Gasteiger partial charge >= 0.3 is 0 Å². The molecule has 0 aromatic heterocycles. The van der Waals surface area contributed by atoms with Crippen LogP contribution >= 0.6 is 11.6 Å². The Bertz CT molecular complexity index is 930. The van der Waals surface area contributed by atoms with Crippen molar-refractivity contribution in [2.75, 3.05) is 26.7 Å². The van der Waals surface area contributed by atoms with Gasteiger partial charge in [-0.15, -0.1) is 0 Å². The van der Waals surface area contributed by atoms with Gasteiger partial charge in [0.05, 0.1) is 6.10 Å². The molecule has 2 atom stereocenters. The normalized spacial score (nSPS) is 14.9. The molecule has 3 N–H and O–H groups in total. The average Bonchev–Trinajstić information content (AvgIpc) is 2.90. The maximum Gasteiger partial charge on any atom is 0.253 e. The molecule has 2 aromatic rings. The van der Waals surface area contributed by atoms with Gasteiger partial charge in [0.25, 0.3) is 5.91 Å². The number of hydrogen-bond acceptors (Lipinski definition) is 4. The van der Waals surface area contributed by atoms with Crippen molar-refractivity contribution in [3.05, 3.63) is 95.0 Å². The lowest BCUT2D eigenvalue weighted by molar-refractivity contribution is 0.0807. The Morgan fingerprint density at radius 2 is 1.74 bits per heavy atom. The molecular weight excluding hydrogens is 465 g/mol. The Morgan fingerprint density at radius 3 is 2.31 bits per heavy atom. The van der Waals surface area contributed by atoms with Crippen LogP contribution in [0.2, 0.25) is 0 Å². The standard InChI is InChI=1S/C24H27ClFN3O2.2C2H6/c1-29(16-18-4-11-23(25)28-14-18)24(31)20-5-2-17(3-6-20)12-13-27-15-22(30)19-7-9-21(26)10-8-19;2*1-2/h2-11,14,22-23,27-28,30H,12-13,15-16H2,1H3;2*1-2H3. The minimum absolute atomic E-state index is 0.0469. The fourth-order valence-corrected chi connectivity index (χ4v) is 3.39. The topological polar surface area (TPSA) is 64.6 Å². The lowest BCUT2D eigenvalue weighted by Crippen LogP contribution is -2.30. The number of nitrogens with zero attached hydrogens (tertiary/aromatic N) is 1. The molecule has 192 valence electrons. The quantitative estimate of drug-likeness (QED) is 0.243. The molecule has 1 heterocycles. The van der Waals surface area contributed by atoms with Crippen molar-refractivity contribution in [1.82, 2.24) is 15.5 Å². The van der Waals surface area contributed by atoms with Crippen LogP contribution in [0.1, 0.15) is 55.3 Å². The van der Waals surface area contributed by atoms with Gasteiger partial charge in [-0.3, -0.25) is 4.79 Å². The number of likely N-dealkylation sites (N-methyl/N-ethyl adjacent to an activating group) is 1. The molecule has 7 heteroatoms. The van der Waals surface area contributed by atoms with Crippen molar-refractivity contribution in [1.29, 1.82) is 0 Å². The summed E-state index contributed by atoms with van der Waals surface area (Å²) >= 11 is 5.93. The molecule has 1 aliphatic rings. The molecule has 5 nitrogen and oxygen atoms in total. The summed E-state index contributed by atoms with van der Waals surface area (Å²) in [7, 11) is 1.77. The van der Waals surface area contributed by atoms with Gasteiger partial charge in [-0.25, -0.2) is 4.39 Å². The first-order valence-corrected chi connectivity index (χ1v) is 12.6. The molecular formula is C28H39ClFN3O2. The summed E-state index contributed by atoms with van der Waals surface area (Å²) in [5, 5.41) is 16.4. The molecule has 0 fully saturated rings. The maximum absolute atomic E-state index is 13.0. The second-order valence-corrected chi connectivity index (χ2v) is 8.00. The Hall–Kier alpha value is -2.67. The van der Waals surface area contributed by atoms with E-state index in [1.165, 1.54) is 12.1 Å². The van der Waals surface area contributed by atoms with E-state index in [1.807, 2.05) is 70.3 Å². The van der Waals surface area contributed by atoms with Gasteiger partial charge in [0.2, 0.25) is 0 Å². The summed E-state index contributed by atoms with van der Waals surface area (Å²) in [6.45, 7) is 9.56. The van der Waals surface area contributed by atoms with Crippen LogP contribution in [-0.4, -0.2) is 48.1 Å². The van der Waals surface area contributed by atoms with Crippen LogP contribution in [0.4, 0.5) is 4.39 Å². The number of alkyl halides is 1. The average molecular weight is 504 g/mol. The number of benzene rings is 2. The molecule has 2 aromatic carbocycles. The Labute approximate surface area is 214 Å². The summed E-state index contributed by atoms with van der Waals surface area (Å²) < 4.78 is 13.0. The van der Waals surface area contributed by atoms with Crippen LogP contribution in [0.5, 0.6) is 0 Å². The van der Waals surface area contributed by atoms with Gasteiger partial charge in [0, 0.05) is 31.9 Å². The molecule has 0 aliphatic carbocycles. The predicted octanol–water partition coefficient (Wildman–Crippen LogP) is 5.42. The number of dihydropyridines is 1. The first-order valence-electron chi connectivity index (χ1n) is 12.2. The first-order chi connectivity index (χ1) is 16.9.